The number of ether oxygens (including phenoxy) is 2. The first-order valence-corrected chi connectivity index (χ1v) is 13.4. The molecule has 0 aliphatic rings. The van der Waals surface area contributed by atoms with E-state index >= 15 is 0 Å². The molecule has 0 unspecified atom stereocenters. The molecule has 0 saturated carbocycles. The summed E-state index contributed by atoms with van der Waals surface area (Å²) in [6, 6.07) is 13.4. The lowest BCUT2D eigenvalue weighted by molar-refractivity contribution is -0.154. The number of alkyl halides is 3. The minimum Gasteiger partial charge on any atom is -0.492 e. The van der Waals surface area contributed by atoms with Gasteiger partial charge in [0.15, 0.2) is 9.84 Å². The molecule has 10 heteroatoms. The standard InChI is InChI=1S/C24H29F3O5S2/c1-18-4-10-21(11-5-18)34(29,30)15-13-31-22(28)23(2,3)17-32-20-8-6-19(7-9-20)16-33-14-12-24(25,26)27/h4-11H,12-17H2,1-3H3. The maximum Gasteiger partial charge on any atom is 0.389 e. The third-order valence-electron chi connectivity index (χ3n) is 4.84. The zero-order valence-corrected chi connectivity index (χ0v) is 21.0. The monoisotopic (exact) mass is 518 g/mol. The van der Waals surface area contributed by atoms with Gasteiger partial charge in [-0.2, -0.15) is 24.9 Å². The molecule has 0 amide bonds. The largest absolute Gasteiger partial charge is 0.492 e. The van der Waals surface area contributed by atoms with Crippen LogP contribution in [-0.2, 0) is 25.1 Å². The van der Waals surface area contributed by atoms with Crippen LogP contribution in [0.15, 0.2) is 53.4 Å². The summed E-state index contributed by atoms with van der Waals surface area (Å²) in [5, 5.41) is 0. The van der Waals surface area contributed by atoms with E-state index < -0.39 is 33.8 Å². The summed E-state index contributed by atoms with van der Waals surface area (Å²) in [4.78, 5) is 12.6. The van der Waals surface area contributed by atoms with Gasteiger partial charge in [0.05, 0.1) is 22.5 Å². The van der Waals surface area contributed by atoms with Crippen molar-refractivity contribution in [1.29, 1.82) is 0 Å². The minimum absolute atomic E-state index is 0.00434. The number of esters is 1. The van der Waals surface area contributed by atoms with Gasteiger partial charge in [-0.25, -0.2) is 8.42 Å². The normalized spacial score (nSPS) is 12.4. The van der Waals surface area contributed by atoms with Crippen molar-refractivity contribution in [2.75, 3.05) is 24.7 Å². The van der Waals surface area contributed by atoms with Gasteiger partial charge in [-0.15, -0.1) is 0 Å². The van der Waals surface area contributed by atoms with Crippen LogP contribution in [0.25, 0.3) is 0 Å². The van der Waals surface area contributed by atoms with Gasteiger partial charge in [0.2, 0.25) is 0 Å². The van der Waals surface area contributed by atoms with E-state index in [2.05, 4.69) is 0 Å². The molecule has 0 aromatic heterocycles. The van der Waals surface area contributed by atoms with E-state index in [1.807, 2.05) is 6.92 Å². The fourth-order valence-electron chi connectivity index (χ4n) is 2.69. The number of halogens is 3. The van der Waals surface area contributed by atoms with Crippen LogP contribution in [0, 0.1) is 12.3 Å². The van der Waals surface area contributed by atoms with Crippen LogP contribution >= 0.6 is 11.8 Å². The predicted molar refractivity (Wildman–Crippen MR) is 127 cm³/mol. The third kappa shape index (κ3) is 9.58. The number of sulfone groups is 1. The van der Waals surface area contributed by atoms with Gasteiger partial charge in [-0.05, 0) is 50.6 Å². The number of aryl methyl sites for hydroxylation is 1. The van der Waals surface area contributed by atoms with E-state index in [0.717, 1.165) is 11.1 Å². The van der Waals surface area contributed by atoms with E-state index in [-0.39, 0.29) is 29.6 Å². The predicted octanol–water partition coefficient (Wildman–Crippen LogP) is 5.60. The molecule has 0 heterocycles. The van der Waals surface area contributed by atoms with Crippen molar-refractivity contribution in [2.24, 2.45) is 5.41 Å². The van der Waals surface area contributed by atoms with E-state index in [0.29, 0.717) is 11.5 Å². The van der Waals surface area contributed by atoms with Crippen molar-refractivity contribution < 1.29 is 35.9 Å². The molecule has 2 rings (SSSR count). The molecule has 188 valence electrons. The Morgan fingerprint density at radius 2 is 1.62 bits per heavy atom. The molecule has 5 nitrogen and oxygen atoms in total. The van der Waals surface area contributed by atoms with Crippen LogP contribution in [0.3, 0.4) is 0 Å². The number of carbonyl (C=O) groups excluding carboxylic acids is 1. The van der Waals surface area contributed by atoms with Crippen molar-refractivity contribution in [1.82, 2.24) is 0 Å². The van der Waals surface area contributed by atoms with Gasteiger partial charge in [-0.1, -0.05) is 29.8 Å². The molecular formula is C24H29F3O5S2. The third-order valence-corrected chi connectivity index (χ3v) is 7.56. The molecule has 0 aliphatic heterocycles. The molecule has 0 fully saturated rings. The van der Waals surface area contributed by atoms with E-state index in [1.165, 1.54) is 23.9 Å². The molecule has 0 radical (unpaired) electrons. The first-order valence-electron chi connectivity index (χ1n) is 10.6. The summed E-state index contributed by atoms with van der Waals surface area (Å²) in [6.45, 7) is 4.87. The fraction of sp³-hybridized carbons (Fsp3) is 0.458. The van der Waals surface area contributed by atoms with Crippen LogP contribution in [0.5, 0.6) is 5.75 Å². The van der Waals surface area contributed by atoms with Gasteiger partial charge < -0.3 is 9.47 Å². The maximum absolute atomic E-state index is 12.4. The van der Waals surface area contributed by atoms with E-state index in [1.54, 1.807) is 50.2 Å². The highest BCUT2D eigenvalue weighted by atomic mass is 32.2. The average molecular weight is 519 g/mol. The van der Waals surface area contributed by atoms with Crippen LogP contribution in [0.4, 0.5) is 13.2 Å². The number of carbonyl (C=O) groups is 1. The first kappa shape index (κ1) is 28.0. The molecule has 0 N–H and O–H groups in total. The smallest absolute Gasteiger partial charge is 0.389 e. The number of thioether (sulfide) groups is 1. The van der Waals surface area contributed by atoms with Crippen molar-refractivity contribution >= 4 is 27.6 Å². The quantitative estimate of drug-likeness (QED) is 0.269. The second kappa shape index (κ2) is 12.0. The lowest BCUT2D eigenvalue weighted by Gasteiger charge is -2.23. The molecule has 0 atom stereocenters. The average Bonchev–Trinajstić information content (AvgIpc) is 2.75. The summed E-state index contributed by atoms with van der Waals surface area (Å²) in [6.07, 6.45) is -4.96. The molecule has 2 aromatic carbocycles. The highest BCUT2D eigenvalue weighted by Crippen LogP contribution is 2.25. The Morgan fingerprint density at radius 1 is 1.00 bits per heavy atom. The summed E-state index contributed by atoms with van der Waals surface area (Å²) < 4.78 is 72.2. The van der Waals surface area contributed by atoms with Crippen LogP contribution in [-0.4, -0.2) is 45.3 Å². The van der Waals surface area contributed by atoms with E-state index in [9.17, 15) is 26.4 Å². The highest BCUT2D eigenvalue weighted by Gasteiger charge is 2.31. The van der Waals surface area contributed by atoms with Crippen LogP contribution in [0.1, 0.15) is 31.4 Å². The minimum atomic E-state index is -4.14. The summed E-state index contributed by atoms with van der Waals surface area (Å²) in [5.41, 5.74) is 0.800. The molecule has 0 bridgehead atoms. The number of rotatable bonds is 12. The zero-order chi connectivity index (χ0) is 25.4. The Hall–Kier alpha value is -2.20. The zero-order valence-electron chi connectivity index (χ0n) is 19.4. The Kier molecular flexibility index (Phi) is 9.87. The van der Waals surface area contributed by atoms with Crippen LogP contribution < -0.4 is 4.74 Å². The number of hydrogen-bond donors (Lipinski definition) is 0. The van der Waals surface area contributed by atoms with Gasteiger partial charge in [0.25, 0.3) is 0 Å². The summed E-state index contributed by atoms with van der Waals surface area (Å²) in [5.74, 6) is 0.0711. The maximum atomic E-state index is 12.4. The Morgan fingerprint density at radius 3 is 2.21 bits per heavy atom. The Balaban J connectivity index is 1.77. The van der Waals surface area contributed by atoms with Crippen molar-refractivity contribution in [3.63, 3.8) is 0 Å². The van der Waals surface area contributed by atoms with Crippen LogP contribution in [0.2, 0.25) is 0 Å². The summed E-state index contributed by atoms with van der Waals surface area (Å²) >= 11 is 1.20. The molecule has 34 heavy (non-hydrogen) atoms. The van der Waals surface area contributed by atoms with Crippen molar-refractivity contribution in [3.05, 3.63) is 59.7 Å². The number of hydrogen-bond acceptors (Lipinski definition) is 6. The first-order chi connectivity index (χ1) is 15.8. The van der Waals surface area contributed by atoms with Crippen molar-refractivity contribution in [2.45, 2.75) is 44.0 Å². The molecule has 0 aliphatic carbocycles. The molecule has 2 aromatic rings. The SMILES string of the molecule is Cc1ccc(S(=O)(=O)CCOC(=O)C(C)(C)COc2ccc(CSCCC(F)(F)F)cc2)cc1. The Labute approximate surface area is 203 Å². The lowest BCUT2D eigenvalue weighted by atomic mass is 9.95. The topological polar surface area (TPSA) is 69.7 Å². The second-order valence-corrected chi connectivity index (χ2v) is 11.7. The highest BCUT2D eigenvalue weighted by molar-refractivity contribution is 7.98. The van der Waals surface area contributed by atoms with Gasteiger partial charge in [0.1, 0.15) is 19.0 Å². The Bertz CT molecular complexity index is 1030. The molecular weight excluding hydrogens is 489 g/mol. The second-order valence-electron chi connectivity index (χ2n) is 8.50. The fourth-order valence-corrected chi connectivity index (χ4v) is 4.72. The molecule has 0 spiro atoms. The number of benzene rings is 2. The van der Waals surface area contributed by atoms with E-state index in [4.69, 9.17) is 9.47 Å². The van der Waals surface area contributed by atoms with Crippen molar-refractivity contribution in [3.8, 4) is 5.75 Å². The molecule has 0 saturated heterocycles. The lowest BCUT2D eigenvalue weighted by Crippen LogP contribution is -2.34. The van der Waals surface area contributed by atoms with Gasteiger partial charge in [0, 0.05) is 11.5 Å². The van der Waals surface area contributed by atoms with Gasteiger partial charge >= 0.3 is 12.1 Å². The van der Waals surface area contributed by atoms with Gasteiger partial charge in [-0.3, -0.25) is 4.79 Å². The summed E-state index contributed by atoms with van der Waals surface area (Å²) in [7, 11) is -3.56.